The van der Waals surface area contributed by atoms with Crippen LogP contribution in [0.4, 0.5) is 0 Å². The molecule has 1 aromatic carbocycles. The SMILES string of the molecule is Cc1cccc(C2CC2N)c1C. The molecule has 0 radical (unpaired) electrons. The molecule has 1 aromatic rings. The van der Waals surface area contributed by atoms with E-state index in [2.05, 4.69) is 32.0 Å². The topological polar surface area (TPSA) is 26.0 Å². The maximum absolute atomic E-state index is 5.82. The normalized spacial score (nSPS) is 27.2. The van der Waals surface area contributed by atoms with Gasteiger partial charge in [-0.25, -0.2) is 0 Å². The molecule has 1 aliphatic carbocycles. The quantitative estimate of drug-likeness (QED) is 0.670. The van der Waals surface area contributed by atoms with Gasteiger partial charge in [0.1, 0.15) is 0 Å². The molecule has 12 heavy (non-hydrogen) atoms. The van der Waals surface area contributed by atoms with E-state index in [4.69, 9.17) is 5.73 Å². The average Bonchev–Trinajstić information content (AvgIpc) is 2.73. The van der Waals surface area contributed by atoms with Gasteiger partial charge in [0.15, 0.2) is 0 Å². The van der Waals surface area contributed by atoms with Crippen molar-refractivity contribution in [2.24, 2.45) is 5.73 Å². The van der Waals surface area contributed by atoms with Crippen molar-refractivity contribution in [3.63, 3.8) is 0 Å². The molecule has 64 valence electrons. The Morgan fingerprint density at radius 1 is 1.33 bits per heavy atom. The third kappa shape index (κ3) is 1.14. The van der Waals surface area contributed by atoms with Crippen LogP contribution in [0.25, 0.3) is 0 Å². The van der Waals surface area contributed by atoms with Crippen LogP contribution in [0.15, 0.2) is 18.2 Å². The number of hydrogen-bond donors (Lipinski definition) is 1. The molecular formula is C11H15N. The van der Waals surface area contributed by atoms with Crippen LogP contribution in [0, 0.1) is 13.8 Å². The van der Waals surface area contributed by atoms with Crippen LogP contribution in [0.2, 0.25) is 0 Å². The first-order valence-electron chi connectivity index (χ1n) is 4.52. The predicted molar refractivity (Wildman–Crippen MR) is 51.2 cm³/mol. The van der Waals surface area contributed by atoms with Crippen molar-refractivity contribution in [1.29, 1.82) is 0 Å². The third-order valence-corrected chi connectivity index (χ3v) is 2.89. The van der Waals surface area contributed by atoms with Crippen LogP contribution in [0.1, 0.15) is 29.0 Å². The second-order valence-corrected chi connectivity index (χ2v) is 3.80. The highest BCUT2D eigenvalue weighted by atomic mass is 14.7. The highest BCUT2D eigenvalue weighted by molar-refractivity contribution is 5.39. The van der Waals surface area contributed by atoms with Crippen molar-refractivity contribution in [2.75, 3.05) is 0 Å². The summed E-state index contributed by atoms with van der Waals surface area (Å²) < 4.78 is 0. The van der Waals surface area contributed by atoms with Crippen LogP contribution in [0.5, 0.6) is 0 Å². The molecule has 1 fully saturated rings. The Bertz CT molecular complexity index is 304. The molecule has 0 heterocycles. The third-order valence-electron chi connectivity index (χ3n) is 2.89. The summed E-state index contributed by atoms with van der Waals surface area (Å²) in [5.41, 5.74) is 10.1. The Kier molecular flexibility index (Phi) is 1.69. The molecule has 2 atom stereocenters. The van der Waals surface area contributed by atoms with Gasteiger partial charge in [0, 0.05) is 12.0 Å². The van der Waals surface area contributed by atoms with Crippen molar-refractivity contribution in [2.45, 2.75) is 32.2 Å². The van der Waals surface area contributed by atoms with Crippen molar-refractivity contribution in [3.05, 3.63) is 34.9 Å². The lowest BCUT2D eigenvalue weighted by Gasteiger charge is -2.06. The fraction of sp³-hybridized carbons (Fsp3) is 0.455. The summed E-state index contributed by atoms with van der Waals surface area (Å²) in [4.78, 5) is 0. The minimum atomic E-state index is 0.422. The number of rotatable bonds is 1. The summed E-state index contributed by atoms with van der Waals surface area (Å²) >= 11 is 0. The molecule has 0 aromatic heterocycles. The molecule has 0 spiro atoms. The van der Waals surface area contributed by atoms with Gasteiger partial charge in [0.25, 0.3) is 0 Å². The summed E-state index contributed by atoms with van der Waals surface area (Å²) in [5.74, 6) is 0.643. The molecule has 0 bridgehead atoms. The van der Waals surface area contributed by atoms with E-state index in [0.29, 0.717) is 12.0 Å². The van der Waals surface area contributed by atoms with Crippen LogP contribution in [-0.2, 0) is 0 Å². The van der Waals surface area contributed by atoms with Gasteiger partial charge in [-0.2, -0.15) is 0 Å². The van der Waals surface area contributed by atoms with E-state index < -0.39 is 0 Å². The summed E-state index contributed by atoms with van der Waals surface area (Å²) in [6.45, 7) is 4.35. The summed E-state index contributed by atoms with van der Waals surface area (Å²) in [7, 11) is 0. The molecule has 0 aliphatic heterocycles. The second kappa shape index (κ2) is 2.60. The zero-order chi connectivity index (χ0) is 8.72. The zero-order valence-corrected chi connectivity index (χ0v) is 7.67. The Labute approximate surface area is 73.6 Å². The van der Waals surface area contributed by atoms with Gasteiger partial charge < -0.3 is 5.73 Å². The monoisotopic (exact) mass is 161 g/mol. The minimum absolute atomic E-state index is 0.422. The van der Waals surface area contributed by atoms with Gasteiger partial charge in [0.2, 0.25) is 0 Å². The van der Waals surface area contributed by atoms with Crippen LogP contribution in [0.3, 0.4) is 0 Å². The van der Waals surface area contributed by atoms with E-state index in [1.165, 1.54) is 23.1 Å². The van der Waals surface area contributed by atoms with Gasteiger partial charge in [0.05, 0.1) is 0 Å². The number of hydrogen-bond acceptors (Lipinski definition) is 1. The van der Waals surface area contributed by atoms with Crippen molar-refractivity contribution >= 4 is 0 Å². The molecule has 0 saturated heterocycles. The van der Waals surface area contributed by atoms with E-state index in [1.807, 2.05) is 0 Å². The van der Waals surface area contributed by atoms with E-state index in [1.54, 1.807) is 0 Å². The lowest BCUT2D eigenvalue weighted by molar-refractivity contribution is 0.976. The Hall–Kier alpha value is -0.820. The summed E-state index contributed by atoms with van der Waals surface area (Å²) in [6.07, 6.45) is 1.17. The Morgan fingerprint density at radius 3 is 2.58 bits per heavy atom. The van der Waals surface area contributed by atoms with Gasteiger partial charge in [-0.15, -0.1) is 0 Å². The number of benzene rings is 1. The zero-order valence-electron chi connectivity index (χ0n) is 7.67. The number of nitrogens with two attached hydrogens (primary N) is 1. The van der Waals surface area contributed by atoms with Gasteiger partial charge in [-0.3, -0.25) is 0 Å². The smallest absolute Gasteiger partial charge is 0.0115 e. The summed E-state index contributed by atoms with van der Waals surface area (Å²) in [5, 5.41) is 0. The molecule has 0 amide bonds. The molecule has 2 N–H and O–H groups in total. The fourth-order valence-electron chi connectivity index (χ4n) is 1.75. The maximum atomic E-state index is 5.82. The largest absolute Gasteiger partial charge is 0.327 e. The number of aryl methyl sites for hydroxylation is 1. The molecule has 2 unspecified atom stereocenters. The van der Waals surface area contributed by atoms with Gasteiger partial charge in [-0.05, 0) is 37.0 Å². The minimum Gasteiger partial charge on any atom is -0.327 e. The van der Waals surface area contributed by atoms with Crippen molar-refractivity contribution in [1.82, 2.24) is 0 Å². The first-order chi connectivity index (χ1) is 5.70. The molecule has 1 aliphatic rings. The highest BCUT2D eigenvalue weighted by Crippen LogP contribution is 2.40. The second-order valence-electron chi connectivity index (χ2n) is 3.80. The van der Waals surface area contributed by atoms with E-state index >= 15 is 0 Å². The Balaban J connectivity index is 2.38. The summed E-state index contributed by atoms with van der Waals surface area (Å²) in [6, 6.07) is 6.92. The van der Waals surface area contributed by atoms with Crippen LogP contribution >= 0.6 is 0 Å². The predicted octanol–water partition coefficient (Wildman–Crippen LogP) is 2.12. The van der Waals surface area contributed by atoms with E-state index in [-0.39, 0.29) is 0 Å². The highest BCUT2D eigenvalue weighted by Gasteiger charge is 2.35. The van der Waals surface area contributed by atoms with Crippen molar-refractivity contribution < 1.29 is 0 Å². The van der Waals surface area contributed by atoms with Gasteiger partial charge >= 0.3 is 0 Å². The maximum Gasteiger partial charge on any atom is 0.0115 e. The lowest BCUT2D eigenvalue weighted by Crippen LogP contribution is -2.02. The van der Waals surface area contributed by atoms with Crippen LogP contribution < -0.4 is 5.73 Å². The molecule has 1 nitrogen and oxygen atoms in total. The van der Waals surface area contributed by atoms with Crippen LogP contribution in [-0.4, -0.2) is 6.04 Å². The van der Waals surface area contributed by atoms with E-state index in [0.717, 1.165) is 0 Å². The average molecular weight is 161 g/mol. The standard InChI is InChI=1S/C11H15N/c1-7-4-3-5-9(8(7)2)10-6-11(10)12/h3-5,10-11H,6,12H2,1-2H3. The molecule has 1 saturated carbocycles. The lowest BCUT2D eigenvalue weighted by atomic mass is 10.00. The van der Waals surface area contributed by atoms with Gasteiger partial charge in [-0.1, -0.05) is 18.2 Å². The fourth-order valence-corrected chi connectivity index (χ4v) is 1.75. The first kappa shape index (κ1) is 7.81. The first-order valence-corrected chi connectivity index (χ1v) is 4.52. The molecule has 1 heteroatoms. The molecular weight excluding hydrogens is 146 g/mol. The Morgan fingerprint density at radius 2 is 2.00 bits per heavy atom. The molecule has 2 rings (SSSR count). The van der Waals surface area contributed by atoms with Crippen molar-refractivity contribution in [3.8, 4) is 0 Å². The van der Waals surface area contributed by atoms with E-state index in [9.17, 15) is 0 Å².